The van der Waals surface area contributed by atoms with Crippen molar-refractivity contribution in [1.82, 2.24) is 4.90 Å². The summed E-state index contributed by atoms with van der Waals surface area (Å²) in [6, 6.07) is 9.26. The van der Waals surface area contributed by atoms with Crippen LogP contribution < -0.4 is 0 Å². The lowest BCUT2D eigenvalue weighted by Crippen LogP contribution is -2.45. The van der Waals surface area contributed by atoms with Gasteiger partial charge in [0.2, 0.25) is 0 Å². The molecule has 1 fully saturated rings. The molecule has 2 rings (SSSR count). The Bertz CT molecular complexity index is 377. The van der Waals surface area contributed by atoms with Crippen LogP contribution in [0.4, 0.5) is 0 Å². The highest BCUT2D eigenvalue weighted by atomic mass is 79.9. The average Bonchev–Trinajstić information content (AvgIpc) is 2.28. The third-order valence-electron chi connectivity index (χ3n) is 4.05. The maximum atomic E-state index is 3.65. The van der Waals surface area contributed by atoms with Crippen molar-refractivity contribution < 1.29 is 0 Å². The second kappa shape index (κ2) is 5.53. The molecule has 2 heteroatoms. The Balaban J connectivity index is 2.10. The van der Waals surface area contributed by atoms with Gasteiger partial charge in [0.15, 0.2) is 0 Å². The van der Waals surface area contributed by atoms with E-state index in [2.05, 4.69) is 65.9 Å². The third kappa shape index (κ3) is 3.11. The minimum Gasteiger partial charge on any atom is -0.296 e. The topological polar surface area (TPSA) is 3.24 Å². The highest BCUT2D eigenvalue weighted by Crippen LogP contribution is 2.29. The standard InChI is InChI=1S/C15H22BrN/c1-11-8-12(2)13(3)17(9-11)10-14-6-4-5-7-15(14)16/h4-7,11-13H,8-10H2,1-3H3. The van der Waals surface area contributed by atoms with E-state index in [1.807, 2.05) is 0 Å². The van der Waals surface area contributed by atoms with Crippen molar-refractivity contribution in [2.24, 2.45) is 11.8 Å². The summed E-state index contributed by atoms with van der Waals surface area (Å²) in [7, 11) is 0. The molecule has 94 valence electrons. The molecular weight excluding hydrogens is 274 g/mol. The van der Waals surface area contributed by atoms with Crippen LogP contribution in [0.15, 0.2) is 28.7 Å². The Morgan fingerprint density at radius 2 is 1.94 bits per heavy atom. The molecule has 17 heavy (non-hydrogen) atoms. The van der Waals surface area contributed by atoms with Gasteiger partial charge in [-0.25, -0.2) is 0 Å². The summed E-state index contributed by atoms with van der Waals surface area (Å²) < 4.78 is 1.23. The van der Waals surface area contributed by atoms with E-state index in [9.17, 15) is 0 Å². The summed E-state index contributed by atoms with van der Waals surface area (Å²) in [5.74, 6) is 1.63. The van der Waals surface area contributed by atoms with Gasteiger partial charge in [-0.3, -0.25) is 4.90 Å². The van der Waals surface area contributed by atoms with Gasteiger partial charge < -0.3 is 0 Å². The lowest BCUT2D eigenvalue weighted by molar-refractivity contribution is 0.0728. The Kier molecular flexibility index (Phi) is 4.26. The van der Waals surface area contributed by atoms with Crippen molar-refractivity contribution in [3.05, 3.63) is 34.3 Å². The lowest BCUT2D eigenvalue weighted by atomic mass is 9.86. The maximum Gasteiger partial charge on any atom is 0.0247 e. The zero-order valence-electron chi connectivity index (χ0n) is 11.0. The number of benzene rings is 1. The summed E-state index contributed by atoms with van der Waals surface area (Å²) in [5.41, 5.74) is 1.40. The van der Waals surface area contributed by atoms with Crippen LogP contribution in [0.25, 0.3) is 0 Å². The van der Waals surface area contributed by atoms with Crippen molar-refractivity contribution >= 4 is 15.9 Å². The molecule has 1 aromatic carbocycles. The van der Waals surface area contributed by atoms with Gasteiger partial charge in [0.25, 0.3) is 0 Å². The average molecular weight is 296 g/mol. The molecule has 3 atom stereocenters. The number of hydrogen-bond acceptors (Lipinski definition) is 1. The molecule has 1 heterocycles. The molecule has 1 aliphatic rings. The first-order valence-corrected chi connectivity index (χ1v) is 7.34. The number of hydrogen-bond donors (Lipinski definition) is 0. The van der Waals surface area contributed by atoms with Crippen LogP contribution in [0.1, 0.15) is 32.8 Å². The summed E-state index contributed by atoms with van der Waals surface area (Å²) in [6.07, 6.45) is 1.37. The van der Waals surface area contributed by atoms with E-state index < -0.39 is 0 Å². The fourth-order valence-corrected chi connectivity index (χ4v) is 3.30. The van der Waals surface area contributed by atoms with E-state index in [0.717, 1.165) is 18.4 Å². The minimum atomic E-state index is 0.693. The van der Waals surface area contributed by atoms with E-state index in [-0.39, 0.29) is 0 Å². The van der Waals surface area contributed by atoms with Crippen molar-refractivity contribution in [2.75, 3.05) is 6.54 Å². The summed E-state index contributed by atoms with van der Waals surface area (Å²) in [6.45, 7) is 9.42. The Morgan fingerprint density at radius 3 is 2.65 bits per heavy atom. The monoisotopic (exact) mass is 295 g/mol. The summed E-state index contributed by atoms with van der Waals surface area (Å²) in [5, 5.41) is 0. The number of piperidine rings is 1. The van der Waals surface area contributed by atoms with Crippen molar-refractivity contribution in [1.29, 1.82) is 0 Å². The Hall–Kier alpha value is -0.340. The van der Waals surface area contributed by atoms with Gasteiger partial charge >= 0.3 is 0 Å². The molecule has 1 nitrogen and oxygen atoms in total. The first-order chi connectivity index (χ1) is 8.08. The molecule has 3 unspecified atom stereocenters. The quantitative estimate of drug-likeness (QED) is 0.786. The zero-order chi connectivity index (χ0) is 12.4. The first-order valence-electron chi connectivity index (χ1n) is 6.55. The van der Waals surface area contributed by atoms with Crippen LogP contribution in [0, 0.1) is 11.8 Å². The molecule has 0 amide bonds. The van der Waals surface area contributed by atoms with Crippen molar-refractivity contribution in [3.8, 4) is 0 Å². The SMILES string of the molecule is CC1CC(C)C(C)N(Cc2ccccc2Br)C1. The predicted octanol–water partition coefficient (Wildman–Crippen LogP) is 4.32. The van der Waals surface area contributed by atoms with E-state index in [1.54, 1.807) is 0 Å². The van der Waals surface area contributed by atoms with Gasteiger partial charge in [0.1, 0.15) is 0 Å². The Labute approximate surface area is 113 Å². The normalized spacial score (nSPS) is 30.5. The van der Waals surface area contributed by atoms with Crippen molar-refractivity contribution in [3.63, 3.8) is 0 Å². The molecule has 1 saturated heterocycles. The largest absolute Gasteiger partial charge is 0.296 e. The Morgan fingerprint density at radius 1 is 1.24 bits per heavy atom. The molecule has 0 N–H and O–H groups in total. The lowest BCUT2D eigenvalue weighted by Gasteiger charge is -2.41. The first kappa shape index (κ1) is 13.1. The van der Waals surface area contributed by atoms with Crippen LogP contribution >= 0.6 is 15.9 Å². The predicted molar refractivity (Wildman–Crippen MR) is 77.0 cm³/mol. The molecule has 1 aromatic rings. The van der Waals surface area contributed by atoms with Crippen LogP contribution in [-0.2, 0) is 6.54 Å². The van der Waals surface area contributed by atoms with Gasteiger partial charge in [-0.1, -0.05) is 48.0 Å². The fourth-order valence-electron chi connectivity index (χ4n) is 2.89. The molecule has 0 aliphatic carbocycles. The highest BCUT2D eigenvalue weighted by molar-refractivity contribution is 9.10. The number of likely N-dealkylation sites (tertiary alicyclic amines) is 1. The van der Waals surface area contributed by atoms with Gasteiger partial charge in [0, 0.05) is 23.6 Å². The molecule has 0 spiro atoms. The van der Waals surface area contributed by atoms with Gasteiger partial charge in [-0.15, -0.1) is 0 Å². The molecule has 0 saturated carbocycles. The highest BCUT2D eigenvalue weighted by Gasteiger charge is 2.28. The second-order valence-electron chi connectivity index (χ2n) is 5.58. The van der Waals surface area contributed by atoms with Crippen LogP contribution in [0.2, 0.25) is 0 Å². The number of rotatable bonds is 2. The van der Waals surface area contributed by atoms with Crippen LogP contribution in [0.3, 0.4) is 0 Å². The van der Waals surface area contributed by atoms with Crippen molar-refractivity contribution in [2.45, 2.75) is 39.8 Å². The molecule has 0 radical (unpaired) electrons. The fraction of sp³-hybridized carbons (Fsp3) is 0.600. The summed E-state index contributed by atoms with van der Waals surface area (Å²) >= 11 is 3.65. The molecular formula is C15H22BrN. The summed E-state index contributed by atoms with van der Waals surface area (Å²) in [4.78, 5) is 2.62. The van der Waals surface area contributed by atoms with E-state index in [4.69, 9.17) is 0 Å². The molecule has 1 aliphatic heterocycles. The minimum absolute atomic E-state index is 0.693. The van der Waals surface area contributed by atoms with Gasteiger partial charge in [-0.2, -0.15) is 0 Å². The zero-order valence-corrected chi connectivity index (χ0v) is 12.6. The van der Waals surface area contributed by atoms with E-state index >= 15 is 0 Å². The van der Waals surface area contributed by atoms with E-state index in [0.29, 0.717) is 6.04 Å². The number of halogens is 1. The van der Waals surface area contributed by atoms with Crippen LogP contribution in [-0.4, -0.2) is 17.5 Å². The van der Waals surface area contributed by atoms with E-state index in [1.165, 1.54) is 23.0 Å². The smallest absolute Gasteiger partial charge is 0.0247 e. The number of nitrogens with zero attached hydrogens (tertiary/aromatic N) is 1. The second-order valence-corrected chi connectivity index (χ2v) is 6.43. The maximum absolute atomic E-state index is 3.65. The van der Waals surface area contributed by atoms with Crippen LogP contribution in [0.5, 0.6) is 0 Å². The third-order valence-corrected chi connectivity index (χ3v) is 4.82. The van der Waals surface area contributed by atoms with Gasteiger partial charge in [-0.05, 0) is 36.8 Å². The molecule has 0 aromatic heterocycles. The van der Waals surface area contributed by atoms with Gasteiger partial charge in [0.05, 0.1) is 0 Å². The molecule has 0 bridgehead atoms.